The van der Waals surface area contributed by atoms with Crippen molar-refractivity contribution in [1.29, 1.82) is 0 Å². The molecule has 7 heterocycles. The number of aromatic nitrogens is 6. The zero-order chi connectivity index (χ0) is 22.0. The second-order valence-corrected chi connectivity index (χ2v) is 8.47. The predicted octanol–water partition coefficient (Wildman–Crippen LogP) is 6.35. The first kappa shape index (κ1) is 19.3. The van der Waals surface area contributed by atoms with Gasteiger partial charge in [-0.05, 0) is 84.3 Å². The van der Waals surface area contributed by atoms with Gasteiger partial charge in [-0.25, -0.2) is 15.0 Å². The zero-order valence-electron chi connectivity index (χ0n) is 17.4. The topological polar surface area (TPSA) is 83.1 Å². The molecule has 2 aliphatic heterocycles. The summed E-state index contributed by atoms with van der Waals surface area (Å²) in [7, 11) is 0. The molecule has 0 saturated carbocycles. The lowest BCUT2D eigenvalue weighted by atomic mass is 10.3. The Hall–Kier alpha value is -4.36. The fourth-order valence-corrected chi connectivity index (χ4v) is 4.34. The van der Waals surface area contributed by atoms with Crippen LogP contribution < -0.4 is 0 Å². The van der Waals surface area contributed by atoms with Crippen molar-refractivity contribution in [1.82, 2.24) is 29.9 Å². The number of rotatable bonds is 0. The molecule has 7 heteroatoms. The van der Waals surface area contributed by atoms with E-state index in [0.717, 1.165) is 55.2 Å². The van der Waals surface area contributed by atoms with Crippen LogP contribution in [0.1, 0.15) is 22.8 Å². The van der Waals surface area contributed by atoms with Gasteiger partial charge in [0.05, 0.1) is 28.3 Å². The Morgan fingerprint density at radius 3 is 1.45 bits per heavy atom. The maximum Gasteiger partial charge on any atom is 0.141 e. The Morgan fingerprint density at radius 1 is 0.545 bits per heavy atom. The van der Waals surface area contributed by atoms with E-state index in [-0.39, 0.29) is 0 Å². The standard InChI is InChI=1S/C20H14N4.C6H4N2S/c1-2-14-10-16-5-6-18(23-16)12-20-8-7-19(24-20)11-17-4-3-15(22-17)9-13(1)21-14;1-4-9-6-5(1)7-2-3-8-6/h1-12,21,24H;1-4H. The largest absolute Gasteiger partial charge is 0.355 e. The van der Waals surface area contributed by atoms with Crippen LogP contribution in [0.15, 0.2) is 72.4 Å². The van der Waals surface area contributed by atoms with E-state index in [1.807, 2.05) is 60.0 Å². The SMILES string of the molecule is C1=Cc2cc3ccc(cc4nc(cc5ccc(cc1n2)[nH]5)C=C4)[nH]3.c1cnc2sccc2n1. The van der Waals surface area contributed by atoms with Crippen LogP contribution in [-0.4, -0.2) is 29.9 Å². The molecule has 0 spiro atoms. The van der Waals surface area contributed by atoms with Crippen LogP contribution in [-0.2, 0) is 0 Å². The van der Waals surface area contributed by atoms with Crippen molar-refractivity contribution in [2.45, 2.75) is 0 Å². The van der Waals surface area contributed by atoms with Crippen molar-refractivity contribution in [3.05, 3.63) is 95.1 Å². The minimum atomic E-state index is 0.939. The quantitative estimate of drug-likeness (QED) is 0.284. The number of nitrogens with one attached hydrogen (secondary N) is 2. The summed E-state index contributed by atoms with van der Waals surface area (Å²) in [5, 5.41) is 1.99. The van der Waals surface area contributed by atoms with Crippen LogP contribution in [0.2, 0.25) is 0 Å². The third-order valence-corrected chi connectivity index (χ3v) is 5.95. The van der Waals surface area contributed by atoms with Crippen molar-refractivity contribution in [3.8, 4) is 0 Å². The zero-order valence-corrected chi connectivity index (χ0v) is 18.3. The average molecular weight is 447 g/mol. The first-order valence-electron chi connectivity index (χ1n) is 10.5. The van der Waals surface area contributed by atoms with Gasteiger partial charge in [0.25, 0.3) is 0 Å². The molecule has 0 radical (unpaired) electrons. The van der Waals surface area contributed by atoms with E-state index in [4.69, 9.17) is 0 Å². The van der Waals surface area contributed by atoms with Gasteiger partial charge in [0, 0.05) is 34.5 Å². The summed E-state index contributed by atoms with van der Waals surface area (Å²) in [4.78, 5) is 25.2. The van der Waals surface area contributed by atoms with E-state index >= 15 is 0 Å². The fourth-order valence-electron chi connectivity index (χ4n) is 3.65. The lowest BCUT2D eigenvalue weighted by Crippen LogP contribution is -1.75. The van der Waals surface area contributed by atoms with Crippen molar-refractivity contribution in [3.63, 3.8) is 0 Å². The highest BCUT2D eigenvalue weighted by Crippen LogP contribution is 2.17. The predicted molar refractivity (Wildman–Crippen MR) is 136 cm³/mol. The summed E-state index contributed by atoms with van der Waals surface area (Å²) in [6, 6.07) is 18.3. The number of fused-ring (bicyclic) bond motifs is 9. The molecule has 0 unspecified atom stereocenters. The molecule has 2 aliphatic rings. The lowest BCUT2D eigenvalue weighted by molar-refractivity contribution is 1.31. The Morgan fingerprint density at radius 2 is 1.00 bits per heavy atom. The maximum absolute atomic E-state index is 4.63. The summed E-state index contributed by atoms with van der Waals surface area (Å²) >= 11 is 1.61. The van der Waals surface area contributed by atoms with Crippen LogP contribution in [0.25, 0.3) is 56.7 Å². The molecule has 0 amide bonds. The highest BCUT2D eigenvalue weighted by molar-refractivity contribution is 7.16. The van der Waals surface area contributed by atoms with Gasteiger partial charge in [-0.15, -0.1) is 11.3 Å². The van der Waals surface area contributed by atoms with Gasteiger partial charge in [-0.2, -0.15) is 0 Å². The molecule has 0 fully saturated rings. The highest BCUT2D eigenvalue weighted by Gasteiger charge is 2.01. The van der Waals surface area contributed by atoms with Gasteiger partial charge >= 0.3 is 0 Å². The molecule has 33 heavy (non-hydrogen) atoms. The molecule has 2 N–H and O–H groups in total. The third-order valence-electron chi connectivity index (χ3n) is 5.14. The van der Waals surface area contributed by atoms with Crippen molar-refractivity contribution in [2.75, 3.05) is 0 Å². The summed E-state index contributed by atoms with van der Waals surface area (Å²) in [5.74, 6) is 0. The molecule has 7 rings (SSSR count). The molecular weight excluding hydrogens is 428 g/mol. The van der Waals surface area contributed by atoms with Crippen molar-refractivity contribution in [2.24, 2.45) is 0 Å². The minimum absolute atomic E-state index is 0.939. The molecular formula is C26H18N6S. The van der Waals surface area contributed by atoms with E-state index in [0.29, 0.717) is 0 Å². The van der Waals surface area contributed by atoms with Crippen molar-refractivity contribution < 1.29 is 0 Å². The number of hydrogen-bond donors (Lipinski definition) is 2. The molecule has 158 valence electrons. The van der Waals surface area contributed by atoms with Gasteiger partial charge in [-0.1, -0.05) is 0 Å². The third kappa shape index (κ3) is 4.35. The molecule has 5 aromatic heterocycles. The molecule has 0 saturated heterocycles. The highest BCUT2D eigenvalue weighted by atomic mass is 32.1. The van der Waals surface area contributed by atoms with Gasteiger partial charge in [-0.3, -0.25) is 4.98 Å². The molecule has 0 aromatic carbocycles. The minimum Gasteiger partial charge on any atom is -0.355 e. The van der Waals surface area contributed by atoms with E-state index in [1.54, 1.807) is 23.7 Å². The van der Waals surface area contributed by atoms with Gasteiger partial charge in [0.1, 0.15) is 4.83 Å². The summed E-state index contributed by atoms with van der Waals surface area (Å²) < 4.78 is 0. The van der Waals surface area contributed by atoms with Crippen LogP contribution in [0.4, 0.5) is 0 Å². The second-order valence-electron chi connectivity index (χ2n) is 7.57. The van der Waals surface area contributed by atoms with Crippen LogP contribution >= 0.6 is 11.3 Å². The van der Waals surface area contributed by atoms with Gasteiger partial charge in [0.2, 0.25) is 0 Å². The normalized spacial score (nSPS) is 12.0. The first-order valence-corrected chi connectivity index (χ1v) is 11.3. The number of nitrogens with zero attached hydrogens (tertiary/aromatic N) is 4. The molecule has 8 bridgehead atoms. The van der Waals surface area contributed by atoms with Crippen LogP contribution in [0.3, 0.4) is 0 Å². The van der Waals surface area contributed by atoms with Crippen LogP contribution in [0.5, 0.6) is 0 Å². The van der Waals surface area contributed by atoms with E-state index in [2.05, 4.69) is 54.2 Å². The Kier molecular flexibility index (Phi) is 4.86. The molecule has 0 atom stereocenters. The van der Waals surface area contributed by atoms with Gasteiger partial charge < -0.3 is 9.97 Å². The van der Waals surface area contributed by atoms with Gasteiger partial charge in [0.15, 0.2) is 0 Å². The monoisotopic (exact) mass is 446 g/mol. The second kappa shape index (κ2) is 8.29. The lowest BCUT2D eigenvalue weighted by Gasteiger charge is -1.85. The Bertz CT molecular complexity index is 1480. The number of H-pyrrole nitrogens is 2. The molecule has 5 aromatic rings. The van der Waals surface area contributed by atoms with E-state index < -0.39 is 0 Å². The first-order chi connectivity index (χ1) is 16.3. The fraction of sp³-hybridized carbons (Fsp3) is 0. The summed E-state index contributed by atoms with van der Waals surface area (Å²) in [5.41, 5.74) is 8.85. The summed E-state index contributed by atoms with van der Waals surface area (Å²) in [6.07, 6.45) is 11.5. The number of hydrogen-bond acceptors (Lipinski definition) is 5. The van der Waals surface area contributed by atoms with E-state index in [9.17, 15) is 0 Å². The Balaban J connectivity index is 0.000000192. The van der Waals surface area contributed by atoms with Crippen molar-refractivity contribution >= 4 is 68.1 Å². The number of thiophene rings is 1. The molecule has 6 nitrogen and oxygen atoms in total. The summed E-state index contributed by atoms with van der Waals surface area (Å²) in [6.45, 7) is 0. The van der Waals surface area contributed by atoms with E-state index in [1.165, 1.54) is 0 Å². The smallest absolute Gasteiger partial charge is 0.141 e. The maximum atomic E-state index is 4.63. The molecule has 0 aliphatic carbocycles. The van der Waals surface area contributed by atoms with Crippen LogP contribution in [0, 0.1) is 0 Å². The Labute approximate surface area is 193 Å². The number of aromatic amines is 2. The average Bonchev–Trinajstić information content (AvgIpc) is 3.63.